The van der Waals surface area contributed by atoms with Crippen molar-refractivity contribution in [3.05, 3.63) is 72.8 Å². The van der Waals surface area contributed by atoms with Crippen LogP contribution >= 0.6 is 0 Å². The molecular weight excluding hydrogens is 471 g/mol. The summed E-state index contributed by atoms with van der Waals surface area (Å²) in [6.07, 6.45) is 8.28. The molecule has 1 unspecified atom stereocenters. The highest BCUT2D eigenvalue weighted by molar-refractivity contribution is 5.96. The molecule has 1 atom stereocenters. The maximum Gasteiger partial charge on any atom is 0.159 e. The van der Waals surface area contributed by atoms with Crippen molar-refractivity contribution in [2.45, 2.75) is 6.04 Å². The summed E-state index contributed by atoms with van der Waals surface area (Å²) in [5.41, 5.74) is 12.5. The van der Waals surface area contributed by atoms with Gasteiger partial charge in [0.05, 0.1) is 28.6 Å². The van der Waals surface area contributed by atoms with Gasteiger partial charge in [0.1, 0.15) is 23.4 Å². The van der Waals surface area contributed by atoms with Crippen LogP contribution in [0.3, 0.4) is 0 Å². The Hall–Kier alpha value is -4.61. The van der Waals surface area contributed by atoms with E-state index >= 15 is 0 Å². The van der Waals surface area contributed by atoms with Crippen molar-refractivity contribution in [1.82, 2.24) is 45.0 Å². The van der Waals surface area contributed by atoms with Gasteiger partial charge in [0.2, 0.25) is 0 Å². The molecule has 10 nitrogen and oxygen atoms in total. The Labute approximate surface area is 210 Å². The van der Waals surface area contributed by atoms with E-state index in [-0.39, 0.29) is 11.9 Å². The highest BCUT2D eigenvalue weighted by Gasteiger charge is 2.18. The minimum atomic E-state index is -0.375. The normalized spacial score (nSPS) is 12.6. The number of H-pyrrole nitrogens is 2. The largest absolute Gasteiger partial charge is 0.336 e. The number of nitrogens with zero attached hydrogens (tertiary/aromatic N) is 7. The van der Waals surface area contributed by atoms with Gasteiger partial charge >= 0.3 is 0 Å². The fourth-order valence-corrected chi connectivity index (χ4v) is 4.41. The lowest BCUT2D eigenvalue weighted by Gasteiger charge is -2.18. The van der Waals surface area contributed by atoms with Crippen LogP contribution in [0.4, 0.5) is 4.39 Å². The first-order valence-corrected chi connectivity index (χ1v) is 11.6. The van der Waals surface area contributed by atoms with E-state index in [1.165, 1.54) is 18.5 Å². The minimum absolute atomic E-state index is 0.341. The number of fused-ring (bicyclic) bond motifs is 2. The molecule has 4 N–H and O–H groups in total. The van der Waals surface area contributed by atoms with Crippen LogP contribution in [0.5, 0.6) is 0 Å². The van der Waals surface area contributed by atoms with Crippen LogP contribution < -0.4 is 5.73 Å². The topological polar surface area (TPSA) is 138 Å². The van der Waals surface area contributed by atoms with E-state index in [1.54, 1.807) is 24.8 Å². The molecule has 0 amide bonds. The molecule has 184 valence electrons. The summed E-state index contributed by atoms with van der Waals surface area (Å²) in [5, 5.41) is 8.34. The van der Waals surface area contributed by atoms with E-state index in [2.05, 4.69) is 35.1 Å². The number of nitrogens with one attached hydrogen (secondary N) is 2. The molecule has 0 saturated heterocycles. The van der Waals surface area contributed by atoms with Crippen molar-refractivity contribution in [2.24, 2.45) is 5.73 Å². The van der Waals surface area contributed by atoms with Crippen molar-refractivity contribution < 1.29 is 4.39 Å². The van der Waals surface area contributed by atoms with E-state index < -0.39 is 0 Å². The first kappa shape index (κ1) is 22.8. The van der Waals surface area contributed by atoms with Gasteiger partial charge in [-0.05, 0) is 50.0 Å². The van der Waals surface area contributed by atoms with Crippen LogP contribution in [0, 0.1) is 5.82 Å². The van der Waals surface area contributed by atoms with E-state index in [4.69, 9.17) is 10.7 Å². The Kier molecular flexibility index (Phi) is 5.63. The van der Waals surface area contributed by atoms with Crippen LogP contribution in [0.25, 0.3) is 56.0 Å². The number of nitrogens with two attached hydrogens (primary N) is 1. The first-order valence-electron chi connectivity index (χ1n) is 11.6. The minimum Gasteiger partial charge on any atom is -0.336 e. The lowest BCUT2D eigenvalue weighted by Crippen LogP contribution is -2.26. The lowest BCUT2D eigenvalue weighted by molar-refractivity contribution is 0.376. The molecule has 0 saturated carbocycles. The van der Waals surface area contributed by atoms with Crippen LogP contribution in [-0.4, -0.2) is 65.6 Å². The molecule has 5 heterocycles. The number of aromatic amines is 2. The average molecular weight is 495 g/mol. The lowest BCUT2D eigenvalue weighted by atomic mass is 10.0. The summed E-state index contributed by atoms with van der Waals surface area (Å²) < 4.78 is 14.6. The van der Waals surface area contributed by atoms with E-state index in [0.29, 0.717) is 40.4 Å². The number of hydrogen-bond acceptors (Lipinski definition) is 8. The van der Waals surface area contributed by atoms with Crippen LogP contribution in [0.1, 0.15) is 11.6 Å². The smallest absolute Gasteiger partial charge is 0.159 e. The van der Waals surface area contributed by atoms with Gasteiger partial charge in [-0.2, -0.15) is 5.10 Å². The summed E-state index contributed by atoms with van der Waals surface area (Å²) in [7, 11) is 3.86. The Bertz CT molecular complexity index is 1720. The molecule has 11 heteroatoms. The fraction of sp³-hybridized carbons (Fsp3) is 0.154. The summed E-state index contributed by atoms with van der Waals surface area (Å²) >= 11 is 0. The van der Waals surface area contributed by atoms with Crippen molar-refractivity contribution in [3.63, 3.8) is 0 Å². The molecule has 0 aliphatic carbocycles. The second-order valence-corrected chi connectivity index (χ2v) is 9.10. The number of rotatable bonds is 6. The molecule has 0 radical (unpaired) electrons. The fourth-order valence-electron chi connectivity index (χ4n) is 4.41. The third kappa shape index (κ3) is 4.30. The highest BCUT2D eigenvalue weighted by Crippen LogP contribution is 2.32. The molecule has 0 aliphatic rings. The van der Waals surface area contributed by atoms with Gasteiger partial charge in [-0.1, -0.05) is 0 Å². The number of aromatic nitrogens is 8. The monoisotopic (exact) mass is 494 g/mol. The number of imidazole rings is 1. The van der Waals surface area contributed by atoms with E-state index in [9.17, 15) is 4.39 Å². The SMILES string of the molecule is CN(C)CC(N)c1cc(F)cc(-c2nccc3[nH]c(-c4n[nH]c5cnc(-c6cncnc6)cc45)nc23)c1. The number of halogens is 1. The summed E-state index contributed by atoms with van der Waals surface area (Å²) in [6.45, 7) is 0.589. The van der Waals surface area contributed by atoms with Gasteiger partial charge in [-0.15, -0.1) is 0 Å². The molecule has 37 heavy (non-hydrogen) atoms. The molecule has 0 bridgehead atoms. The van der Waals surface area contributed by atoms with Crippen molar-refractivity contribution in [3.8, 4) is 34.0 Å². The Morgan fingerprint density at radius 3 is 2.62 bits per heavy atom. The van der Waals surface area contributed by atoms with Crippen LogP contribution in [-0.2, 0) is 0 Å². The summed E-state index contributed by atoms with van der Waals surface area (Å²) in [6, 6.07) is 8.20. The number of pyridine rings is 2. The first-order chi connectivity index (χ1) is 18.0. The standard InChI is InChI=1S/C26H23FN10/c1-37(2)12-19(28)14-5-15(7-17(27)6-14)23-25-20(3-4-31-23)33-26(34-25)24-18-8-21(16-9-29-13-30-10-16)32-11-22(18)35-36-24/h3-11,13,19H,12,28H2,1-2H3,(H,33,34)(H,35,36). The van der Waals surface area contributed by atoms with Crippen LogP contribution in [0.15, 0.2) is 61.4 Å². The quantitative estimate of drug-likeness (QED) is 0.318. The maximum absolute atomic E-state index is 14.6. The predicted octanol–water partition coefficient (Wildman–Crippen LogP) is 3.72. The van der Waals surface area contributed by atoms with Crippen molar-refractivity contribution in [1.29, 1.82) is 0 Å². The van der Waals surface area contributed by atoms with Gasteiger partial charge in [0.25, 0.3) is 0 Å². The molecule has 5 aromatic heterocycles. The Morgan fingerprint density at radius 2 is 1.81 bits per heavy atom. The second-order valence-electron chi connectivity index (χ2n) is 9.10. The highest BCUT2D eigenvalue weighted by atomic mass is 19.1. The van der Waals surface area contributed by atoms with Crippen molar-refractivity contribution >= 4 is 21.9 Å². The van der Waals surface area contributed by atoms with E-state index in [1.807, 2.05) is 37.2 Å². The molecule has 0 aliphatic heterocycles. The predicted molar refractivity (Wildman–Crippen MR) is 139 cm³/mol. The second kappa shape index (κ2) is 9.12. The number of likely N-dealkylation sites (N-methyl/N-ethyl adjacent to an activating group) is 1. The van der Waals surface area contributed by atoms with Gasteiger partial charge in [0, 0.05) is 47.7 Å². The van der Waals surface area contributed by atoms with E-state index in [0.717, 1.165) is 27.7 Å². The molecule has 6 rings (SSSR count). The molecule has 0 fully saturated rings. The molecule has 6 aromatic rings. The summed E-state index contributed by atoms with van der Waals surface area (Å²) in [5.74, 6) is 0.178. The Balaban J connectivity index is 1.45. The summed E-state index contributed by atoms with van der Waals surface area (Å²) in [4.78, 5) is 27.3. The van der Waals surface area contributed by atoms with Gasteiger partial charge in [0.15, 0.2) is 5.82 Å². The van der Waals surface area contributed by atoms with Gasteiger partial charge in [-0.3, -0.25) is 15.1 Å². The Morgan fingerprint density at radius 1 is 0.973 bits per heavy atom. The third-order valence-electron chi connectivity index (χ3n) is 6.11. The van der Waals surface area contributed by atoms with Gasteiger partial charge in [-0.25, -0.2) is 19.3 Å². The van der Waals surface area contributed by atoms with Gasteiger partial charge < -0.3 is 15.6 Å². The zero-order valence-electron chi connectivity index (χ0n) is 20.1. The number of benzene rings is 1. The number of hydrogen-bond donors (Lipinski definition) is 3. The van der Waals surface area contributed by atoms with Crippen LogP contribution in [0.2, 0.25) is 0 Å². The zero-order valence-corrected chi connectivity index (χ0v) is 20.1. The average Bonchev–Trinajstić information content (AvgIpc) is 3.52. The van der Waals surface area contributed by atoms with Crippen molar-refractivity contribution in [2.75, 3.05) is 20.6 Å². The third-order valence-corrected chi connectivity index (χ3v) is 6.11. The molecular formula is C26H23FN10. The zero-order chi connectivity index (χ0) is 25.5. The molecule has 0 spiro atoms. The molecule has 1 aromatic carbocycles. The maximum atomic E-state index is 14.6.